The van der Waals surface area contributed by atoms with Gasteiger partial charge in [-0.1, -0.05) is 0 Å². The third-order valence-electron chi connectivity index (χ3n) is 4.99. The number of aryl methyl sites for hydroxylation is 2. The first-order valence-electron chi connectivity index (χ1n) is 9.31. The van der Waals surface area contributed by atoms with E-state index in [-0.39, 0.29) is 0 Å². The summed E-state index contributed by atoms with van der Waals surface area (Å²) in [5.74, 6) is 0. The van der Waals surface area contributed by atoms with E-state index in [1.54, 1.807) is 0 Å². The van der Waals surface area contributed by atoms with E-state index < -0.39 is 0 Å². The van der Waals surface area contributed by atoms with Gasteiger partial charge in [0.15, 0.2) is 0 Å². The molecule has 0 bridgehead atoms. The SMILES string of the molecule is CN/C=C\N(C)C/C(C)=N/N(C)c1cc2c3c(c1)CCCN3CCC2. The molecule has 0 spiro atoms. The molecule has 5 heteroatoms. The highest BCUT2D eigenvalue weighted by atomic mass is 15.4. The Morgan fingerprint density at radius 2 is 1.84 bits per heavy atom. The molecule has 136 valence electrons. The number of benzene rings is 1. The highest BCUT2D eigenvalue weighted by molar-refractivity contribution is 5.85. The molecule has 0 aliphatic carbocycles. The van der Waals surface area contributed by atoms with Crippen molar-refractivity contribution in [3.63, 3.8) is 0 Å². The number of rotatable bonds is 6. The van der Waals surface area contributed by atoms with Crippen LogP contribution in [0.15, 0.2) is 29.6 Å². The van der Waals surface area contributed by atoms with Crippen molar-refractivity contribution in [2.24, 2.45) is 5.10 Å². The number of nitrogens with one attached hydrogen (secondary N) is 1. The normalized spacial score (nSPS) is 16.8. The van der Waals surface area contributed by atoms with Gasteiger partial charge < -0.3 is 15.1 Å². The fourth-order valence-corrected chi connectivity index (χ4v) is 3.93. The summed E-state index contributed by atoms with van der Waals surface area (Å²) in [7, 11) is 6.03. The predicted molar refractivity (Wildman–Crippen MR) is 108 cm³/mol. The zero-order chi connectivity index (χ0) is 17.8. The van der Waals surface area contributed by atoms with Crippen molar-refractivity contribution in [1.82, 2.24) is 10.2 Å². The lowest BCUT2D eigenvalue weighted by Crippen LogP contribution is -2.34. The number of hydrazone groups is 1. The zero-order valence-electron chi connectivity index (χ0n) is 16.0. The van der Waals surface area contributed by atoms with Crippen LogP contribution >= 0.6 is 0 Å². The van der Waals surface area contributed by atoms with Gasteiger partial charge in [-0.2, -0.15) is 5.10 Å². The lowest BCUT2D eigenvalue weighted by molar-refractivity contribution is 0.519. The Kier molecular flexibility index (Phi) is 5.51. The first-order valence-corrected chi connectivity index (χ1v) is 9.31. The Hall–Kier alpha value is -2.17. The summed E-state index contributed by atoms with van der Waals surface area (Å²) < 4.78 is 0. The lowest BCUT2D eigenvalue weighted by Gasteiger charge is -2.37. The quantitative estimate of drug-likeness (QED) is 0.637. The molecule has 0 unspecified atom stereocenters. The Balaban J connectivity index is 1.77. The summed E-state index contributed by atoms with van der Waals surface area (Å²) in [6.45, 7) is 5.34. The third-order valence-corrected chi connectivity index (χ3v) is 4.99. The molecule has 2 heterocycles. The van der Waals surface area contributed by atoms with Crippen molar-refractivity contribution in [3.05, 3.63) is 35.7 Å². The van der Waals surface area contributed by atoms with Gasteiger partial charge in [0.1, 0.15) is 0 Å². The molecule has 3 rings (SSSR count). The van der Waals surface area contributed by atoms with Gasteiger partial charge in [-0.15, -0.1) is 0 Å². The fourth-order valence-electron chi connectivity index (χ4n) is 3.93. The van der Waals surface area contributed by atoms with E-state index in [9.17, 15) is 0 Å². The van der Waals surface area contributed by atoms with Gasteiger partial charge in [0, 0.05) is 52.3 Å². The van der Waals surface area contributed by atoms with Crippen LogP contribution in [0.3, 0.4) is 0 Å². The molecule has 0 amide bonds. The summed E-state index contributed by atoms with van der Waals surface area (Å²) in [5.41, 5.74) is 6.84. The first-order chi connectivity index (χ1) is 12.1. The van der Waals surface area contributed by atoms with Gasteiger partial charge in [0.25, 0.3) is 0 Å². The molecule has 0 radical (unpaired) electrons. The molecule has 1 aromatic rings. The van der Waals surface area contributed by atoms with Crippen molar-refractivity contribution in [2.45, 2.75) is 32.6 Å². The molecule has 0 atom stereocenters. The van der Waals surface area contributed by atoms with Crippen LogP contribution in [-0.2, 0) is 12.8 Å². The summed E-state index contributed by atoms with van der Waals surface area (Å²) in [4.78, 5) is 4.71. The Labute approximate surface area is 152 Å². The number of nitrogens with zero attached hydrogens (tertiary/aromatic N) is 4. The van der Waals surface area contributed by atoms with Gasteiger partial charge in [-0.05, 0) is 55.9 Å². The number of anilines is 2. The molecule has 0 saturated carbocycles. The first kappa shape index (κ1) is 17.6. The van der Waals surface area contributed by atoms with Crippen molar-refractivity contribution < 1.29 is 0 Å². The average Bonchev–Trinajstić information content (AvgIpc) is 2.60. The summed E-state index contributed by atoms with van der Waals surface area (Å²) >= 11 is 0. The van der Waals surface area contributed by atoms with E-state index in [0.29, 0.717) is 0 Å². The van der Waals surface area contributed by atoms with Gasteiger partial charge in [-0.25, -0.2) is 0 Å². The van der Waals surface area contributed by atoms with E-state index in [1.165, 1.54) is 61.3 Å². The third kappa shape index (κ3) is 4.09. The second-order valence-corrected chi connectivity index (χ2v) is 7.19. The highest BCUT2D eigenvalue weighted by Crippen LogP contribution is 2.38. The largest absolute Gasteiger partial charge is 0.393 e. The molecule has 0 aromatic heterocycles. The van der Waals surface area contributed by atoms with Crippen LogP contribution in [0.4, 0.5) is 11.4 Å². The van der Waals surface area contributed by atoms with E-state index in [1.807, 2.05) is 24.5 Å². The second kappa shape index (κ2) is 7.81. The highest BCUT2D eigenvalue weighted by Gasteiger charge is 2.24. The van der Waals surface area contributed by atoms with Crippen LogP contribution in [0.1, 0.15) is 30.9 Å². The molecule has 0 fully saturated rings. The Morgan fingerprint density at radius 3 is 2.44 bits per heavy atom. The Morgan fingerprint density at radius 1 is 1.20 bits per heavy atom. The number of hydrogen-bond acceptors (Lipinski definition) is 5. The van der Waals surface area contributed by atoms with Crippen molar-refractivity contribution in [2.75, 3.05) is 50.7 Å². The predicted octanol–water partition coefficient (Wildman–Crippen LogP) is 2.82. The molecular formula is C20H31N5. The van der Waals surface area contributed by atoms with Crippen LogP contribution in [0.2, 0.25) is 0 Å². The zero-order valence-corrected chi connectivity index (χ0v) is 16.0. The molecule has 1 N–H and O–H groups in total. The van der Waals surface area contributed by atoms with Crippen LogP contribution in [0.5, 0.6) is 0 Å². The van der Waals surface area contributed by atoms with Crippen LogP contribution in [0, 0.1) is 0 Å². The topological polar surface area (TPSA) is 34.1 Å². The average molecular weight is 342 g/mol. The minimum Gasteiger partial charge on any atom is -0.393 e. The second-order valence-electron chi connectivity index (χ2n) is 7.19. The van der Waals surface area contributed by atoms with Crippen molar-refractivity contribution >= 4 is 17.1 Å². The molecule has 2 aliphatic heterocycles. The Bertz CT molecular complexity index is 633. The maximum absolute atomic E-state index is 4.80. The molecular weight excluding hydrogens is 310 g/mol. The van der Waals surface area contributed by atoms with Crippen molar-refractivity contribution in [1.29, 1.82) is 0 Å². The monoisotopic (exact) mass is 341 g/mol. The summed E-state index contributed by atoms with van der Waals surface area (Å²) in [6, 6.07) is 4.69. The van der Waals surface area contributed by atoms with Gasteiger partial charge >= 0.3 is 0 Å². The van der Waals surface area contributed by atoms with Crippen LogP contribution in [0.25, 0.3) is 0 Å². The molecule has 1 aromatic carbocycles. The van der Waals surface area contributed by atoms with Crippen LogP contribution < -0.4 is 15.2 Å². The van der Waals surface area contributed by atoms with Crippen molar-refractivity contribution in [3.8, 4) is 0 Å². The van der Waals surface area contributed by atoms with Gasteiger partial charge in [-0.3, -0.25) is 5.01 Å². The van der Waals surface area contributed by atoms with E-state index in [4.69, 9.17) is 5.10 Å². The standard InChI is InChI=1S/C20H31N5/c1-16(15-23(3)12-9-21-2)22-24(4)19-13-17-7-5-10-25-11-6-8-18(14-19)20(17)25/h9,12-14,21H,5-8,10-11,15H2,1-4H3/b12-9-,22-16+. The lowest BCUT2D eigenvalue weighted by atomic mass is 9.91. The molecule has 2 aliphatic rings. The minimum absolute atomic E-state index is 0.814. The minimum atomic E-state index is 0.814. The molecule has 5 nitrogen and oxygen atoms in total. The van der Waals surface area contributed by atoms with Crippen LogP contribution in [-0.4, -0.2) is 51.4 Å². The number of hydrogen-bond donors (Lipinski definition) is 1. The maximum atomic E-state index is 4.80. The summed E-state index contributed by atoms with van der Waals surface area (Å²) in [6.07, 6.45) is 8.88. The van der Waals surface area contributed by atoms with E-state index in [0.717, 1.165) is 12.3 Å². The van der Waals surface area contributed by atoms with E-state index in [2.05, 4.69) is 48.3 Å². The fraction of sp³-hybridized carbons (Fsp3) is 0.550. The van der Waals surface area contributed by atoms with E-state index >= 15 is 0 Å². The van der Waals surface area contributed by atoms with Gasteiger partial charge in [0.2, 0.25) is 0 Å². The smallest absolute Gasteiger partial charge is 0.0597 e. The maximum Gasteiger partial charge on any atom is 0.0597 e. The molecule has 25 heavy (non-hydrogen) atoms. The summed E-state index contributed by atoms with van der Waals surface area (Å²) in [5, 5.41) is 9.85. The van der Waals surface area contributed by atoms with Gasteiger partial charge in [0.05, 0.1) is 17.9 Å². The molecule has 0 saturated heterocycles.